The number of hydrogen-bond acceptors (Lipinski definition) is 4. The van der Waals surface area contributed by atoms with Gasteiger partial charge in [0.15, 0.2) is 0 Å². The van der Waals surface area contributed by atoms with E-state index >= 15 is 0 Å². The molecule has 1 fully saturated rings. The number of nitrogens with zero attached hydrogens (tertiary/aromatic N) is 2. The number of aryl methyl sites for hydroxylation is 1. The Hall–Kier alpha value is -1.16. The zero-order valence-corrected chi connectivity index (χ0v) is 9.23. The highest BCUT2D eigenvalue weighted by molar-refractivity contribution is 5.36. The minimum atomic E-state index is 0.426. The number of ether oxygens (including phenoxy) is 1. The van der Waals surface area contributed by atoms with Gasteiger partial charge in [0.2, 0.25) is 0 Å². The number of methoxy groups -OCH3 is 1. The van der Waals surface area contributed by atoms with Crippen molar-refractivity contribution in [1.82, 2.24) is 9.97 Å². The number of anilines is 1. The molecule has 1 aromatic rings. The summed E-state index contributed by atoms with van der Waals surface area (Å²) >= 11 is 0. The predicted octanol–water partition coefficient (Wildman–Crippen LogP) is 1.63. The van der Waals surface area contributed by atoms with Gasteiger partial charge in [-0.3, -0.25) is 0 Å². The van der Waals surface area contributed by atoms with Crippen molar-refractivity contribution in [2.45, 2.75) is 38.3 Å². The molecule has 0 atom stereocenters. The molecule has 2 rings (SSSR count). The molecule has 82 valence electrons. The molecule has 0 radical (unpaired) electrons. The van der Waals surface area contributed by atoms with Crippen molar-refractivity contribution in [3.05, 3.63) is 18.1 Å². The molecule has 0 spiro atoms. The van der Waals surface area contributed by atoms with Crippen molar-refractivity contribution in [2.24, 2.45) is 0 Å². The first-order valence-corrected chi connectivity index (χ1v) is 5.42. The Balaban J connectivity index is 1.88. The van der Waals surface area contributed by atoms with Gasteiger partial charge in [0, 0.05) is 24.9 Å². The van der Waals surface area contributed by atoms with Gasteiger partial charge in [-0.2, -0.15) is 0 Å². The fraction of sp³-hybridized carbons (Fsp3) is 0.636. The summed E-state index contributed by atoms with van der Waals surface area (Å²) in [5.74, 6) is 0.932. The van der Waals surface area contributed by atoms with Gasteiger partial charge in [-0.15, -0.1) is 0 Å². The third kappa shape index (κ3) is 2.45. The standard InChI is InChI=1S/C11H17N3O/c1-3-8-6-11(13-7-12-8)14-9-4-10(5-9)15-2/h6-7,9-10H,3-5H2,1-2H3,(H,12,13,14)/t9-,10+. The largest absolute Gasteiger partial charge is 0.381 e. The van der Waals surface area contributed by atoms with Crippen LogP contribution >= 0.6 is 0 Å². The topological polar surface area (TPSA) is 47.0 Å². The summed E-state index contributed by atoms with van der Waals surface area (Å²) in [5, 5.41) is 3.39. The molecule has 0 amide bonds. The minimum Gasteiger partial charge on any atom is -0.381 e. The number of rotatable bonds is 4. The summed E-state index contributed by atoms with van der Waals surface area (Å²) in [6.45, 7) is 2.09. The Morgan fingerprint density at radius 2 is 2.27 bits per heavy atom. The Labute approximate surface area is 90.1 Å². The summed E-state index contributed by atoms with van der Waals surface area (Å²) in [5.41, 5.74) is 1.08. The third-order valence-electron chi connectivity index (χ3n) is 2.87. The quantitative estimate of drug-likeness (QED) is 0.815. The SMILES string of the molecule is CCc1cc(N[C@H]2C[C@@H](OC)C2)ncn1. The van der Waals surface area contributed by atoms with Gasteiger partial charge in [-0.25, -0.2) is 9.97 Å². The van der Waals surface area contributed by atoms with Crippen LogP contribution in [0.4, 0.5) is 5.82 Å². The molecule has 1 aliphatic carbocycles. The van der Waals surface area contributed by atoms with Crippen molar-refractivity contribution in [3.63, 3.8) is 0 Å². The molecular weight excluding hydrogens is 190 g/mol. The average Bonchev–Trinajstić information content (AvgIpc) is 2.23. The van der Waals surface area contributed by atoms with Crippen LogP contribution in [0.2, 0.25) is 0 Å². The highest BCUT2D eigenvalue weighted by Crippen LogP contribution is 2.25. The molecule has 4 heteroatoms. The Morgan fingerprint density at radius 3 is 2.93 bits per heavy atom. The molecule has 15 heavy (non-hydrogen) atoms. The molecule has 1 heterocycles. The summed E-state index contributed by atoms with van der Waals surface area (Å²) in [6, 6.07) is 2.52. The van der Waals surface area contributed by atoms with E-state index in [1.54, 1.807) is 13.4 Å². The Kier molecular flexibility index (Phi) is 3.16. The maximum Gasteiger partial charge on any atom is 0.129 e. The van der Waals surface area contributed by atoms with E-state index in [9.17, 15) is 0 Å². The first-order valence-electron chi connectivity index (χ1n) is 5.42. The first-order chi connectivity index (χ1) is 7.31. The highest BCUT2D eigenvalue weighted by atomic mass is 16.5. The van der Waals surface area contributed by atoms with E-state index in [4.69, 9.17) is 4.74 Å². The van der Waals surface area contributed by atoms with E-state index in [0.29, 0.717) is 12.1 Å². The molecule has 1 aromatic heterocycles. The van der Waals surface area contributed by atoms with Crippen molar-refractivity contribution >= 4 is 5.82 Å². The van der Waals surface area contributed by atoms with Gasteiger partial charge >= 0.3 is 0 Å². The highest BCUT2D eigenvalue weighted by Gasteiger charge is 2.28. The zero-order valence-electron chi connectivity index (χ0n) is 9.23. The van der Waals surface area contributed by atoms with Crippen LogP contribution in [0.3, 0.4) is 0 Å². The summed E-state index contributed by atoms with van der Waals surface area (Å²) < 4.78 is 5.23. The molecule has 1 saturated carbocycles. The van der Waals surface area contributed by atoms with E-state index in [2.05, 4.69) is 22.2 Å². The van der Waals surface area contributed by atoms with Crippen LogP contribution in [0.1, 0.15) is 25.5 Å². The summed E-state index contributed by atoms with van der Waals surface area (Å²) in [7, 11) is 1.76. The molecule has 0 aromatic carbocycles. The lowest BCUT2D eigenvalue weighted by molar-refractivity contribution is 0.0328. The van der Waals surface area contributed by atoms with Crippen molar-refractivity contribution in [3.8, 4) is 0 Å². The Bertz CT molecular complexity index is 323. The normalized spacial score (nSPS) is 24.7. The third-order valence-corrected chi connectivity index (χ3v) is 2.87. The van der Waals surface area contributed by atoms with Crippen molar-refractivity contribution in [1.29, 1.82) is 0 Å². The van der Waals surface area contributed by atoms with E-state index in [1.807, 2.05) is 6.07 Å². The molecule has 1 N–H and O–H groups in total. The maximum atomic E-state index is 5.23. The molecule has 0 aliphatic heterocycles. The van der Waals surface area contributed by atoms with Crippen LogP contribution in [0, 0.1) is 0 Å². The lowest BCUT2D eigenvalue weighted by atomic mass is 9.89. The lowest BCUT2D eigenvalue weighted by Crippen LogP contribution is -2.40. The van der Waals surface area contributed by atoms with Crippen LogP contribution in [0.5, 0.6) is 0 Å². The monoisotopic (exact) mass is 207 g/mol. The van der Waals surface area contributed by atoms with Gasteiger partial charge in [0.05, 0.1) is 6.10 Å². The van der Waals surface area contributed by atoms with Gasteiger partial charge in [0.1, 0.15) is 12.1 Å². The smallest absolute Gasteiger partial charge is 0.129 e. The second-order valence-corrected chi connectivity index (χ2v) is 3.92. The second-order valence-electron chi connectivity index (χ2n) is 3.92. The average molecular weight is 207 g/mol. The van der Waals surface area contributed by atoms with Crippen LogP contribution in [0.15, 0.2) is 12.4 Å². The van der Waals surface area contributed by atoms with Crippen LogP contribution in [-0.2, 0) is 11.2 Å². The van der Waals surface area contributed by atoms with Crippen LogP contribution in [0.25, 0.3) is 0 Å². The van der Waals surface area contributed by atoms with Gasteiger partial charge < -0.3 is 10.1 Å². The van der Waals surface area contributed by atoms with Gasteiger partial charge in [-0.1, -0.05) is 6.92 Å². The fourth-order valence-electron chi connectivity index (χ4n) is 1.75. The number of hydrogen-bond donors (Lipinski definition) is 1. The fourth-order valence-corrected chi connectivity index (χ4v) is 1.75. The first kappa shape index (κ1) is 10.4. The van der Waals surface area contributed by atoms with E-state index < -0.39 is 0 Å². The zero-order chi connectivity index (χ0) is 10.7. The molecule has 0 saturated heterocycles. The van der Waals surface area contributed by atoms with Crippen molar-refractivity contribution in [2.75, 3.05) is 12.4 Å². The predicted molar refractivity (Wildman–Crippen MR) is 58.9 cm³/mol. The van der Waals surface area contributed by atoms with Crippen LogP contribution < -0.4 is 5.32 Å². The lowest BCUT2D eigenvalue weighted by Gasteiger charge is -2.34. The summed E-state index contributed by atoms with van der Waals surface area (Å²) in [6.07, 6.45) is 5.13. The van der Waals surface area contributed by atoms with E-state index in [1.165, 1.54) is 0 Å². The van der Waals surface area contributed by atoms with Crippen molar-refractivity contribution < 1.29 is 4.74 Å². The molecule has 1 aliphatic rings. The minimum absolute atomic E-state index is 0.426. The second kappa shape index (κ2) is 4.57. The molecule has 0 bridgehead atoms. The maximum absolute atomic E-state index is 5.23. The molecule has 0 unspecified atom stereocenters. The number of aromatic nitrogens is 2. The number of nitrogens with one attached hydrogen (secondary N) is 1. The van der Waals surface area contributed by atoms with Gasteiger partial charge in [0.25, 0.3) is 0 Å². The Morgan fingerprint density at radius 1 is 1.47 bits per heavy atom. The van der Waals surface area contributed by atoms with E-state index in [0.717, 1.165) is 30.8 Å². The van der Waals surface area contributed by atoms with E-state index in [-0.39, 0.29) is 0 Å². The van der Waals surface area contributed by atoms with Crippen LogP contribution in [-0.4, -0.2) is 29.2 Å². The molecule has 4 nitrogen and oxygen atoms in total. The molecular formula is C11H17N3O. The van der Waals surface area contributed by atoms with Gasteiger partial charge in [-0.05, 0) is 19.3 Å². The summed E-state index contributed by atoms with van der Waals surface area (Å²) in [4.78, 5) is 8.36.